The molecule has 1 aromatic carbocycles. The minimum Gasteiger partial charge on any atom is -0.396 e. The van der Waals surface area contributed by atoms with E-state index in [9.17, 15) is 0 Å². The van der Waals surface area contributed by atoms with Crippen molar-refractivity contribution in [3.63, 3.8) is 0 Å². The number of hydrogen-bond acceptors (Lipinski definition) is 2. The topological polar surface area (TPSA) is 38.0 Å². The van der Waals surface area contributed by atoms with E-state index in [0.717, 1.165) is 10.2 Å². The lowest BCUT2D eigenvalue weighted by molar-refractivity contribution is 1.50. The highest BCUT2D eigenvalue weighted by atomic mass is 79.9. The number of nitrogen functional groups attached to an aromatic ring is 1. The number of rotatable bonds is 1. The molecule has 0 aliphatic heterocycles. The van der Waals surface area contributed by atoms with E-state index < -0.39 is 0 Å². The molecule has 0 unspecified atom stereocenters. The van der Waals surface area contributed by atoms with Gasteiger partial charge in [-0.2, -0.15) is 0 Å². The second-order valence-electron chi connectivity index (χ2n) is 2.07. The third kappa shape index (κ3) is 1.60. The molecule has 60 valence electrons. The molecule has 0 bridgehead atoms. The molecule has 1 aromatic rings. The predicted molar refractivity (Wildman–Crippen MR) is 53.1 cm³/mol. The maximum Gasteiger partial charge on any atom is 0.0798 e. The molecule has 0 radical (unpaired) electrons. The van der Waals surface area contributed by atoms with Crippen LogP contribution in [0.3, 0.4) is 0 Å². The first-order valence-corrected chi connectivity index (χ1v) is 4.25. The van der Waals surface area contributed by atoms with E-state index in [1.165, 1.54) is 0 Å². The van der Waals surface area contributed by atoms with Gasteiger partial charge in [-0.15, -0.1) is 0 Å². The predicted octanol–water partition coefficient (Wildman–Crippen LogP) is 2.73. The van der Waals surface area contributed by atoms with Gasteiger partial charge in [0.05, 0.1) is 16.4 Å². The molecule has 0 spiro atoms. The highest BCUT2D eigenvalue weighted by Crippen LogP contribution is 2.33. The SMILES string of the molecule is CNc1ccc(Br)c(Cl)c1N. The molecule has 1 rings (SSSR count). The number of nitrogens with two attached hydrogens (primary N) is 1. The molecule has 11 heavy (non-hydrogen) atoms. The molecule has 0 fully saturated rings. The quantitative estimate of drug-likeness (QED) is 0.735. The van der Waals surface area contributed by atoms with Gasteiger partial charge in [-0.1, -0.05) is 11.6 Å². The molecule has 4 heteroatoms. The summed E-state index contributed by atoms with van der Waals surface area (Å²) in [5.74, 6) is 0. The molecule has 3 N–H and O–H groups in total. The van der Waals surface area contributed by atoms with Crippen LogP contribution >= 0.6 is 27.5 Å². The molecule has 0 aromatic heterocycles. The van der Waals surface area contributed by atoms with E-state index in [1.54, 1.807) is 7.05 Å². The summed E-state index contributed by atoms with van der Waals surface area (Å²) in [6.45, 7) is 0. The number of benzene rings is 1. The zero-order valence-corrected chi connectivity index (χ0v) is 8.33. The van der Waals surface area contributed by atoms with Gasteiger partial charge in [0.15, 0.2) is 0 Å². The highest BCUT2D eigenvalue weighted by Gasteiger charge is 2.04. The molecule has 0 saturated heterocycles. The Morgan fingerprint density at radius 2 is 2.18 bits per heavy atom. The number of hydrogen-bond donors (Lipinski definition) is 2. The number of halogens is 2. The summed E-state index contributed by atoms with van der Waals surface area (Å²) in [7, 11) is 1.80. The Hall–Kier alpha value is -0.410. The van der Waals surface area contributed by atoms with Crippen molar-refractivity contribution in [1.82, 2.24) is 0 Å². The minimum atomic E-state index is 0.553. The maximum atomic E-state index is 5.85. The summed E-state index contributed by atoms with van der Waals surface area (Å²) >= 11 is 9.12. The van der Waals surface area contributed by atoms with E-state index >= 15 is 0 Å². The van der Waals surface area contributed by atoms with Crippen molar-refractivity contribution >= 4 is 38.9 Å². The van der Waals surface area contributed by atoms with Gasteiger partial charge in [0.2, 0.25) is 0 Å². The molecule has 0 aliphatic rings. The summed E-state index contributed by atoms with van der Waals surface area (Å²) in [5.41, 5.74) is 7.09. The van der Waals surface area contributed by atoms with Gasteiger partial charge in [-0.05, 0) is 28.1 Å². The standard InChI is InChI=1S/C7H8BrClN2/c1-11-5-3-2-4(8)6(9)7(5)10/h2-3,11H,10H2,1H3. The molecule has 0 saturated carbocycles. The lowest BCUT2D eigenvalue weighted by atomic mass is 10.3. The van der Waals surface area contributed by atoms with Gasteiger partial charge in [-0.3, -0.25) is 0 Å². The molecule has 0 aliphatic carbocycles. The van der Waals surface area contributed by atoms with Crippen molar-refractivity contribution in [1.29, 1.82) is 0 Å². The Bertz CT molecular complexity index is 275. The van der Waals surface area contributed by atoms with Gasteiger partial charge in [0.1, 0.15) is 0 Å². The van der Waals surface area contributed by atoms with Crippen LogP contribution in [0, 0.1) is 0 Å². The average Bonchev–Trinajstić information content (AvgIpc) is 2.01. The smallest absolute Gasteiger partial charge is 0.0798 e. The van der Waals surface area contributed by atoms with Crippen molar-refractivity contribution in [3.05, 3.63) is 21.6 Å². The summed E-state index contributed by atoms with van der Waals surface area (Å²) in [5, 5.41) is 3.49. The Kier molecular flexibility index (Phi) is 2.62. The maximum absolute atomic E-state index is 5.85. The van der Waals surface area contributed by atoms with E-state index in [4.69, 9.17) is 17.3 Å². The average molecular weight is 236 g/mol. The molecule has 0 heterocycles. The van der Waals surface area contributed by atoms with Crippen molar-refractivity contribution in [2.45, 2.75) is 0 Å². The van der Waals surface area contributed by atoms with E-state index in [2.05, 4.69) is 21.2 Å². The summed E-state index contributed by atoms with van der Waals surface area (Å²) in [6, 6.07) is 3.72. The first-order chi connectivity index (χ1) is 5.16. The van der Waals surface area contributed by atoms with E-state index in [-0.39, 0.29) is 0 Å². The Labute approximate surface area is 78.9 Å². The minimum absolute atomic E-state index is 0.553. The fourth-order valence-electron chi connectivity index (χ4n) is 0.784. The van der Waals surface area contributed by atoms with Crippen molar-refractivity contribution in [3.8, 4) is 0 Å². The zero-order valence-electron chi connectivity index (χ0n) is 5.99. The van der Waals surface area contributed by atoms with Crippen molar-refractivity contribution in [2.75, 3.05) is 18.1 Å². The van der Waals surface area contributed by atoms with Gasteiger partial charge in [-0.25, -0.2) is 0 Å². The van der Waals surface area contributed by atoms with Crippen LogP contribution in [0.1, 0.15) is 0 Å². The van der Waals surface area contributed by atoms with Gasteiger partial charge in [0.25, 0.3) is 0 Å². The van der Waals surface area contributed by atoms with E-state index in [1.807, 2.05) is 12.1 Å². The fraction of sp³-hybridized carbons (Fsp3) is 0.143. The van der Waals surface area contributed by atoms with Crippen molar-refractivity contribution in [2.24, 2.45) is 0 Å². The normalized spacial score (nSPS) is 9.73. The summed E-state index contributed by atoms with van der Waals surface area (Å²) < 4.78 is 0.815. The molecular formula is C7H8BrClN2. The van der Waals surface area contributed by atoms with Crippen LogP contribution in [-0.4, -0.2) is 7.05 Å². The van der Waals surface area contributed by atoms with Crippen LogP contribution in [-0.2, 0) is 0 Å². The monoisotopic (exact) mass is 234 g/mol. The second-order valence-corrected chi connectivity index (χ2v) is 3.30. The third-order valence-corrected chi connectivity index (χ3v) is 2.70. The van der Waals surface area contributed by atoms with Crippen LogP contribution in [0.2, 0.25) is 5.02 Å². The highest BCUT2D eigenvalue weighted by molar-refractivity contribution is 9.10. The molecular weight excluding hydrogens is 227 g/mol. The molecule has 2 nitrogen and oxygen atoms in total. The van der Waals surface area contributed by atoms with Gasteiger partial charge >= 0.3 is 0 Å². The third-order valence-electron chi connectivity index (χ3n) is 1.40. The summed E-state index contributed by atoms with van der Waals surface area (Å²) in [6.07, 6.45) is 0. The Morgan fingerprint density at radius 3 is 2.73 bits per heavy atom. The Balaban J connectivity index is 3.25. The molecule has 0 amide bonds. The van der Waals surface area contributed by atoms with Crippen molar-refractivity contribution < 1.29 is 0 Å². The second kappa shape index (κ2) is 3.32. The largest absolute Gasteiger partial charge is 0.396 e. The molecule has 0 atom stereocenters. The first-order valence-electron chi connectivity index (χ1n) is 3.08. The lowest BCUT2D eigenvalue weighted by Crippen LogP contribution is -1.96. The Morgan fingerprint density at radius 1 is 1.55 bits per heavy atom. The summed E-state index contributed by atoms with van der Waals surface area (Å²) in [4.78, 5) is 0. The van der Waals surface area contributed by atoms with Crippen LogP contribution in [0.5, 0.6) is 0 Å². The number of nitrogens with one attached hydrogen (secondary N) is 1. The van der Waals surface area contributed by atoms with Crippen LogP contribution < -0.4 is 11.1 Å². The van der Waals surface area contributed by atoms with Gasteiger partial charge in [0, 0.05) is 11.5 Å². The number of anilines is 2. The van der Waals surface area contributed by atoms with Gasteiger partial charge < -0.3 is 11.1 Å². The van der Waals surface area contributed by atoms with Crippen LogP contribution in [0.15, 0.2) is 16.6 Å². The van der Waals surface area contributed by atoms with Crippen LogP contribution in [0.25, 0.3) is 0 Å². The zero-order chi connectivity index (χ0) is 8.43. The van der Waals surface area contributed by atoms with E-state index in [0.29, 0.717) is 10.7 Å². The van der Waals surface area contributed by atoms with Crippen LogP contribution in [0.4, 0.5) is 11.4 Å². The lowest BCUT2D eigenvalue weighted by Gasteiger charge is -2.06. The first kappa shape index (κ1) is 8.68. The fourth-order valence-corrected chi connectivity index (χ4v) is 1.29.